The Balaban J connectivity index is 2.10. The van der Waals surface area contributed by atoms with Crippen molar-refractivity contribution in [3.05, 3.63) is 35.9 Å². The highest BCUT2D eigenvalue weighted by Crippen LogP contribution is 2.23. The van der Waals surface area contributed by atoms with Crippen molar-refractivity contribution >= 4 is 5.91 Å². The molecule has 0 bridgehead atoms. The molecule has 0 aliphatic carbocycles. The van der Waals surface area contributed by atoms with Gasteiger partial charge in [-0.3, -0.25) is 4.79 Å². The molecule has 0 saturated carbocycles. The minimum absolute atomic E-state index is 0.198. The molecule has 1 saturated heterocycles. The Labute approximate surface area is 128 Å². The van der Waals surface area contributed by atoms with Crippen molar-refractivity contribution in [2.45, 2.75) is 44.2 Å². The Morgan fingerprint density at radius 2 is 2.00 bits per heavy atom. The number of nitrogens with one attached hydrogen (secondary N) is 1. The monoisotopic (exact) mass is 311 g/mol. The number of carbonyl (C=O) groups is 1. The van der Waals surface area contributed by atoms with Crippen molar-refractivity contribution in [1.82, 2.24) is 5.32 Å². The second kappa shape index (κ2) is 7.66. The largest absolute Gasteiger partial charge is 0.394 e. The number of aliphatic hydroxyl groups excluding tert-OH is 3. The predicted octanol–water partition coefficient (Wildman–Crippen LogP) is -0.853. The topological polar surface area (TPSA) is 108 Å². The summed E-state index contributed by atoms with van der Waals surface area (Å²) in [5, 5.41) is 31.9. The van der Waals surface area contributed by atoms with Gasteiger partial charge in [-0.25, -0.2) is 0 Å². The summed E-state index contributed by atoms with van der Waals surface area (Å²) < 4.78 is 10.8. The summed E-state index contributed by atoms with van der Waals surface area (Å²) in [6.45, 7) is 1.03. The minimum atomic E-state index is -1.37. The maximum absolute atomic E-state index is 11.3. The molecule has 0 unspecified atom stereocenters. The van der Waals surface area contributed by atoms with E-state index in [9.17, 15) is 20.1 Å². The van der Waals surface area contributed by atoms with Gasteiger partial charge in [0.05, 0.1) is 13.2 Å². The first-order valence-corrected chi connectivity index (χ1v) is 7.08. The van der Waals surface area contributed by atoms with Crippen LogP contribution >= 0.6 is 0 Å². The number of benzene rings is 1. The van der Waals surface area contributed by atoms with Crippen LogP contribution in [0.2, 0.25) is 0 Å². The Kier molecular flexibility index (Phi) is 5.87. The molecule has 0 radical (unpaired) electrons. The molecular formula is C15H21NO6. The van der Waals surface area contributed by atoms with E-state index >= 15 is 0 Å². The lowest BCUT2D eigenvalue weighted by molar-refractivity contribution is -0.263. The smallest absolute Gasteiger partial charge is 0.217 e. The summed E-state index contributed by atoms with van der Waals surface area (Å²) >= 11 is 0. The highest BCUT2D eigenvalue weighted by molar-refractivity contribution is 5.73. The van der Waals surface area contributed by atoms with E-state index in [-0.39, 0.29) is 12.5 Å². The lowest BCUT2D eigenvalue weighted by Crippen LogP contribution is -2.64. The molecule has 2 rings (SSSR count). The van der Waals surface area contributed by atoms with Crippen LogP contribution in [-0.2, 0) is 20.9 Å². The van der Waals surface area contributed by atoms with Crippen LogP contribution in [0.5, 0.6) is 0 Å². The second-order valence-corrected chi connectivity index (χ2v) is 5.23. The van der Waals surface area contributed by atoms with Gasteiger partial charge < -0.3 is 30.1 Å². The fraction of sp³-hybridized carbons (Fsp3) is 0.533. The molecule has 5 atom stereocenters. The SMILES string of the molecule is CC(=O)N[C@H]1[C@@H](OCc2ccccc2)[C@H](O)[C@@H](CO)O[C@H]1O. The van der Waals surface area contributed by atoms with Crippen LogP contribution < -0.4 is 5.32 Å². The van der Waals surface area contributed by atoms with Gasteiger partial charge in [0.2, 0.25) is 5.91 Å². The number of ether oxygens (including phenoxy) is 2. The first-order valence-electron chi connectivity index (χ1n) is 7.08. The first kappa shape index (κ1) is 16.9. The van der Waals surface area contributed by atoms with E-state index in [0.717, 1.165) is 5.56 Å². The van der Waals surface area contributed by atoms with Crippen molar-refractivity contribution in [3.63, 3.8) is 0 Å². The molecule has 1 amide bonds. The Hall–Kier alpha value is -1.51. The molecular weight excluding hydrogens is 290 g/mol. The van der Waals surface area contributed by atoms with Crippen molar-refractivity contribution in [2.24, 2.45) is 0 Å². The molecule has 0 spiro atoms. The lowest BCUT2D eigenvalue weighted by Gasteiger charge is -2.42. The molecule has 1 aliphatic heterocycles. The summed E-state index contributed by atoms with van der Waals surface area (Å²) in [5.41, 5.74) is 0.887. The summed E-state index contributed by atoms with van der Waals surface area (Å²) in [6, 6.07) is 8.39. The Morgan fingerprint density at radius 3 is 2.59 bits per heavy atom. The Morgan fingerprint density at radius 1 is 1.32 bits per heavy atom. The van der Waals surface area contributed by atoms with Gasteiger partial charge in [-0.05, 0) is 5.56 Å². The van der Waals surface area contributed by atoms with Crippen LogP contribution in [0.25, 0.3) is 0 Å². The molecule has 7 heteroatoms. The molecule has 22 heavy (non-hydrogen) atoms. The molecule has 1 aromatic carbocycles. The molecule has 1 heterocycles. The van der Waals surface area contributed by atoms with E-state index in [1.54, 1.807) is 0 Å². The number of aliphatic hydroxyl groups is 3. The van der Waals surface area contributed by atoms with Crippen LogP contribution in [0.15, 0.2) is 30.3 Å². The van der Waals surface area contributed by atoms with Gasteiger partial charge in [0, 0.05) is 6.92 Å². The van der Waals surface area contributed by atoms with Crippen molar-refractivity contribution in [3.8, 4) is 0 Å². The average Bonchev–Trinajstić information content (AvgIpc) is 2.50. The van der Waals surface area contributed by atoms with Gasteiger partial charge >= 0.3 is 0 Å². The number of rotatable bonds is 5. The van der Waals surface area contributed by atoms with Crippen molar-refractivity contribution in [2.75, 3.05) is 6.61 Å². The third-order valence-electron chi connectivity index (χ3n) is 3.53. The maximum atomic E-state index is 11.3. The quantitative estimate of drug-likeness (QED) is 0.564. The highest BCUT2D eigenvalue weighted by atomic mass is 16.6. The average molecular weight is 311 g/mol. The zero-order valence-corrected chi connectivity index (χ0v) is 12.3. The fourth-order valence-electron chi connectivity index (χ4n) is 2.44. The van der Waals surface area contributed by atoms with Gasteiger partial charge in [0.15, 0.2) is 6.29 Å². The molecule has 7 nitrogen and oxygen atoms in total. The van der Waals surface area contributed by atoms with E-state index in [0.29, 0.717) is 0 Å². The molecule has 1 fully saturated rings. The standard InChI is InChI=1S/C15H21NO6/c1-9(18)16-12-14(13(19)11(7-17)22-15(12)20)21-8-10-5-3-2-4-6-10/h2-6,11-15,17,19-20H,7-8H2,1H3,(H,16,18)/t11-,12+,13-,14-,15-/m1/s1. The van der Waals surface area contributed by atoms with E-state index < -0.39 is 37.3 Å². The molecule has 4 N–H and O–H groups in total. The molecule has 122 valence electrons. The first-order chi connectivity index (χ1) is 10.5. The van der Waals surface area contributed by atoms with E-state index in [1.807, 2.05) is 30.3 Å². The van der Waals surface area contributed by atoms with Gasteiger partial charge in [-0.1, -0.05) is 30.3 Å². The third-order valence-corrected chi connectivity index (χ3v) is 3.53. The number of amides is 1. The normalized spacial score (nSPS) is 31.7. The van der Waals surface area contributed by atoms with Gasteiger partial charge in [0.25, 0.3) is 0 Å². The van der Waals surface area contributed by atoms with E-state index in [1.165, 1.54) is 6.92 Å². The third kappa shape index (κ3) is 4.02. The van der Waals surface area contributed by atoms with Crippen LogP contribution in [0, 0.1) is 0 Å². The van der Waals surface area contributed by atoms with Crippen LogP contribution in [0.3, 0.4) is 0 Å². The highest BCUT2D eigenvalue weighted by Gasteiger charge is 2.45. The van der Waals surface area contributed by atoms with Crippen molar-refractivity contribution < 1.29 is 29.6 Å². The summed E-state index contributed by atoms with van der Waals surface area (Å²) in [7, 11) is 0. The molecule has 0 aromatic heterocycles. The second-order valence-electron chi connectivity index (χ2n) is 5.23. The van der Waals surface area contributed by atoms with E-state index in [2.05, 4.69) is 5.32 Å². The predicted molar refractivity (Wildman–Crippen MR) is 76.6 cm³/mol. The van der Waals surface area contributed by atoms with Gasteiger partial charge in [-0.2, -0.15) is 0 Å². The maximum Gasteiger partial charge on any atom is 0.217 e. The number of carbonyl (C=O) groups excluding carboxylic acids is 1. The van der Waals surface area contributed by atoms with Crippen LogP contribution in [0.1, 0.15) is 12.5 Å². The number of hydrogen-bond donors (Lipinski definition) is 4. The van der Waals surface area contributed by atoms with Gasteiger partial charge in [0.1, 0.15) is 24.4 Å². The van der Waals surface area contributed by atoms with Gasteiger partial charge in [-0.15, -0.1) is 0 Å². The Bertz CT molecular complexity index is 482. The van der Waals surface area contributed by atoms with E-state index in [4.69, 9.17) is 9.47 Å². The number of hydrogen-bond acceptors (Lipinski definition) is 6. The minimum Gasteiger partial charge on any atom is -0.394 e. The van der Waals surface area contributed by atoms with Crippen LogP contribution in [-0.4, -0.2) is 58.5 Å². The van der Waals surface area contributed by atoms with Crippen molar-refractivity contribution in [1.29, 1.82) is 0 Å². The zero-order chi connectivity index (χ0) is 16.1. The lowest BCUT2D eigenvalue weighted by atomic mass is 9.96. The summed E-state index contributed by atoms with van der Waals surface area (Å²) in [4.78, 5) is 11.3. The van der Waals surface area contributed by atoms with Crippen LogP contribution in [0.4, 0.5) is 0 Å². The summed E-state index contributed by atoms with van der Waals surface area (Å²) in [6.07, 6.45) is -4.41. The fourth-order valence-corrected chi connectivity index (χ4v) is 2.44. The summed E-state index contributed by atoms with van der Waals surface area (Å²) in [5.74, 6) is -0.379. The molecule has 1 aromatic rings. The molecule has 1 aliphatic rings. The zero-order valence-electron chi connectivity index (χ0n) is 12.3.